The molecule has 1 aromatic heterocycles. The summed E-state index contributed by atoms with van der Waals surface area (Å²) < 4.78 is 67.4. The van der Waals surface area contributed by atoms with Crippen LogP contribution in [-0.4, -0.2) is 63.4 Å². The number of aromatic nitrogens is 4. The molecular formula is C25H27F4N5O2. The van der Waals surface area contributed by atoms with Crippen molar-refractivity contribution in [3.63, 3.8) is 0 Å². The second-order valence-corrected chi connectivity index (χ2v) is 10.3. The van der Waals surface area contributed by atoms with Crippen molar-refractivity contribution in [1.82, 2.24) is 25.1 Å². The van der Waals surface area contributed by atoms with Gasteiger partial charge >= 0.3 is 0 Å². The minimum atomic E-state index is -3.75. The molecule has 1 unspecified atom stereocenters. The predicted molar refractivity (Wildman–Crippen MR) is 121 cm³/mol. The van der Waals surface area contributed by atoms with Gasteiger partial charge in [0, 0.05) is 23.6 Å². The quantitative estimate of drug-likeness (QED) is 0.425. The zero-order valence-corrected chi connectivity index (χ0v) is 20.0. The fourth-order valence-corrected chi connectivity index (χ4v) is 5.78. The lowest BCUT2D eigenvalue weighted by Crippen LogP contribution is -2.76. The standard InChI is InChI=1S/C25H27F4N5O2/c1-33(2)9-10-36-19-6-3-17(4-7-19)22-12-23(13-22,14-22)25(28,29)24(35,15-34-16-30-31-32-34)20-8-5-18(26)11-21(20)27/h3-8,11,16,35H,9-10,12-15H2,1-2H3. The first-order valence-corrected chi connectivity index (χ1v) is 11.6. The topological polar surface area (TPSA) is 76.3 Å². The van der Waals surface area contributed by atoms with Crippen LogP contribution in [-0.2, 0) is 17.6 Å². The van der Waals surface area contributed by atoms with Crippen molar-refractivity contribution in [1.29, 1.82) is 0 Å². The van der Waals surface area contributed by atoms with Gasteiger partial charge in [0.1, 0.15) is 30.3 Å². The molecule has 1 atom stereocenters. The molecule has 0 spiro atoms. The molecule has 3 aliphatic carbocycles. The van der Waals surface area contributed by atoms with Gasteiger partial charge in [0.05, 0.1) is 6.54 Å². The smallest absolute Gasteiger partial charge is 0.287 e. The molecule has 0 radical (unpaired) electrons. The van der Waals surface area contributed by atoms with E-state index >= 15 is 8.78 Å². The van der Waals surface area contributed by atoms with Gasteiger partial charge < -0.3 is 14.7 Å². The summed E-state index contributed by atoms with van der Waals surface area (Å²) in [6, 6.07) is 9.64. The van der Waals surface area contributed by atoms with Crippen LogP contribution in [0.3, 0.4) is 0 Å². The van der Waals surface area contributed by atoms with E-state index in [2.05, 4.69) is 15.5 Å². The van der Waals surface area contributed by atoms with Gasteiger partial charge in [0.15, 0.2) is 5.60 Å². The molecule has 6 rings (SSSR count). The maximum atomic E-state index is 16.2. The first-order chi connectivity index (χ1) is 17.0. The van der Waals surface area contributed by atoms with Crippen molar-refractivity contribution in [3.8, 4) is 5.75 Å². The van der Waals surface area contributed by atoms with E-state index < -0.39 is 46.1 Å². The molecular weight excluding hydrogens is 478 g/mol. The minimum Gasteiger partial charge on any atom is -0.492 e. The normalized spacial score (nSPS) is 24.7. The van der Waals surface area contributed by atoms with Gasteiger partial charge in [-0.05, 0) is 79.0 Å². The van der Waals surface area contributed by atoms with Gasteiger partial charge in [-0.2, -0.15) is 0 Å². The third-order valence-electron chi connectivity index (χ3n) is 7.65. The summed E-state index contributed by atoms with van der Waals surface area (Å²) in [6.07, 6.45) is 1.46. The third-order valence-corrected chi connectivity index (χ3v) is 7.65. The van der Waals surface area contributed by atoms with Crippen molar-refractivity contribution in [2.75, 3.05) is 27.2 Å². The minimum absolute atomic E-state index is 0.133. The maximum absolute atomic E-state index is 16.2. The Labute approximate surface area is 205 Å². The van der Waals surface area contributed by atoms with Crippen LogP contribution in [0.25, 0.3) is 0 Å². The van der Waals surface area contributed by atoms with E-state index in [0.717, 1.165) is 35.3 Å². The van der Waals surface area contributed by atoms with E-state index in [4.69, 9.17) is 4.74 Å². The molecule has 0 saturated heterocycles. The van der Waals surface area contributed by atoms with Crippen molar-refractivity contribution in [2.24, 2.45) is 5.41 Å². The summed E-state index contributed by atoms with van der Waals surface area (Å²) in [6.45, 7) is 0.515. The zero-order chi connectivity index (χ0) is 25.8. The molecule has 192 valence electrons. The largest absolute Gasteiger partial charge is 0.492 e. The van der Waals surface area contributed by atoms with Crippen LogP contribution in [0.2, 0.25) is 0 Å². The predicted octanol–water partition coefficient (Wildman–Crippen LogP) is 3.54. The van der Waals surface area contributed by atoms with Gasteiger partial charge in [-0.25, -0.2) is 22.2 Å². The number of likely N-dealkylation sites (N-methyl/N-ethyl adjacent to an activating group) is 1. The Kier molecular flexibility index (Phi) is 5.83. The van der Waals surface area contributed by atoms with E-state index in [1.54, 1.807) is 0 Å². The molecule has 1 heterocycles. The van der Waals surface area contributed by atoms with Gasteiger partial charge in [-0.15, -0.1) is 5.10 Å². The second kappa shape index (κ2) is 8.52. The van der Waals surface area contributed by atoms with Crippen molar-refractivity contribution < 1.29 is 27.4 Å². The number of halogens is 4. The van der Waals surface area contributed by atoms with Crippen LogP contribution >= 0.6 is 0 Å². The Morgan fingerprint density at radius 3 is 2.36 bits per heavy atom. The Hall–Kier alpha value is -3.05. The summed E-state index contributed by atoms with van der Waals surface area (Å²) in [7, 11) is 3.91. The Bertz CT molecular complexity index is 1220. The lowest BCUT2D eigenvalue weighted by atomic mass is 9.30. The van der Waals surface area contributed by atoms with Crippen LogP contribution in [0.5, 0.6) is 5.75 Å². The summed E-state index contributed by atoms with van der Waals surface area (Å²) in [4.78, 5) is 2.01. The van der Waals surface area contributed by atoms with E-state index in [0.29, 0.717) is 18.4 Å². The zero-order valence-electron chi connectivity index (χ0n) is 20.0. The molecule has 0 aliphatic heterocycles. The Morgan fingerprint density at radius 1 is 1.08 bits per heavy atom. The van der Waals surface area contributed by atoms with Gasteiger partial charge in [0.2, 0.25) is 0 Å². The van der Waals surface area contributed by atoms with Crippen molar-refractivity contribution in [3.05, 3.63) is 71.6 Å². The number of ether oxygens (including phenoxy) is 1. The number of hydrogen-bond donors (Lipinski definition) is 1. The van der Waals surface area contributed by atoms with E-state index in [9.17, 15) is 13.9 Å². The Morgan fingerprint density at radius 2 is 1.78 bits per heavy atom. The highest BCUT2D eigenvalue weighted by atomic mass is 19.3. The number of hydrogen-bond acceptors (Lipinski definition) is 6. The number of benzene rings is 2. The fourth-order valence-electron chi connectivity index (χ4n) is 5.78. The number of tetrazole rings is 1. The Balaban J connectivity index is 1.37. The molecule has 0 amide bonds. The highest BCUT2D eigenvalue weighted by molar-refractivity contribution is 5.44. The summed E-state index contributed by atoms with van der Waals surface area (Å²) in [5.41, 5.74) is -4.71. The lowest BCUT2D eigenvalue weighted by molar-refractivity contribution is -0.347. The monoisotopic (exact) mass is 505 g/mol. The molecule has 1 N–H and O–H groups in total. The molecule has 2 bridgehead atoms. The average Bonchev–Trinajstić information content (AvgIpc) is 3.25. The maximum Gasteiger partial charge on any atom is 0.287 e. The van der Waals surface area contributed by atoms with Crippen LogP contribution in [0.1, 0.15) is 30.4 Å². The van der Waals surface area contributed by atoms with E-state index in [1.807, 2.05) is 43.3 Å². The number of nitrogens with zero attached hydrogens (tertiary/aromatic N) is 5. The van der Waals surface area contributed by atoms with Crippen molar-refractivity contribution >= 4 is 0 Å². The highest BCUT2D eigenvalue weighted by Gasteiger charge is 2.82. The van der Waals surface area contributed by atoms with Crippen LogP contribution in [0.4, 0.5) is 17.6 Å². The SMILES string of the molecule is CN(C)CCOc1ccc(C23CC(C(F)(F)C(O)(Cn4cnnn4)c4ccc(F)cc4F)(C2)C3)cc1. The molecule has 3 aromatic rings. The number of aliphatic hydroxyl groups is 1. The summed E-state index contributed by atoms with van der Waals surface area (Å²) in [5.74, 6) is -5.23. The summed E-state index contributed by atoms with van der Waals surface area (Å²) >= 11 is 0. The van der Waals surface area contributed by atoms with E-state index in [-0.39, 0.29) is 19.3 Å². The lowest BCUT2D eigenvalue weighted by Gasteiger charge is -2.74. The first-order valence-electron chi connectivity index (χ1n) is 11.6. The molecule has 36 heavy (non-hydrogen) atoms. The van der Waals surface area contributed by atoms with Crippen LogP contribution < -0.4 is 4.74 Å². The molecule has 11 heteroatoms. The number of alkyl halides is 2. The third kappa shape index (κ3) is 3.76. The van der Waals surface area contributed by atoms with Crippen molar-refractivity contribution in [2.45, 2.75) is 42.7 Å². The van der Waals surface area contributed by atoms with Gasteiger partial charge in [-0.3, -0.25) is 0 Å². The summed E-state index contributed by atoms with van der Waals surface area (Å²) in [5, 5.41) is 21.9. The van der Waals surface area contributed by atoms with Crippen LogP contribution in [0, 0.1) is 17.0 Å². The molecule has 3 saturated carbocycles. The number of rotatable bonds is 10. The second-order valence-electron chi connectivity index (χ2n) is 10.3. The average molecular weight is 506 g/mol. The molecule has 3 aliphatic rings. The highest BCUT2D eigenvalue weighted by Crippen LogP contribution is 2.80. The van der Waals surface area contributed by atoms with Gasteiger partial charge in [-0.1, -0.05) is 12.1 Å². The first kappa shape index (κ1) is 24.6. The fraction of sp³-hybridized carbons (Fsp3) is 0.480. The van der Waals surface area contributed by atoms with Gasteiger partial charge in [0.25, 0.3) is 5.92 Å². The molecule has 3 fully saturated rings. The molecule has 2 aromatic carbocycles. The molecule has 7 nitrogen and oxygen atoms in total. The van der Waals surface area contributed by atoms with E-state index in [1.165, 1.54) is 0 Å². The van der Waals surface area contributed by atoms with Crippen LogP contribution in [0.15, 0.2) is 48.8 Å².